The molecule has 0 fully saturated rings. The third-order valence-corrected chi connectivity index (χ3v) is 3.16. The van der Waals surface area contributed by atoms with Crippen molar-refractivity contribution in [1.29, 1.82) is 5.26 Å². The number of fused-ring (bicyclic) bond motifs is 3. The van der Waals surface area contributed by atoms with Crippen molar-refractivity contribution in [2.45, 2.75) is 5.50 Å². The average Bonchev–Trinajstić information content (AvgIpc) is 2.69. The van der Waals surface area contributed by atoms with Crippen LogP contribution in [0.15, 0.2) is 24.4 Å². The summed E-state index contributed by atoms with van der Waals surface area (Å²) in [6, 6.07) is 6.50. The molecular weight excluding hydrogens is 241 g/mol. The summed E-state index contributed by atoms with van der Waals surface area (Å²) in [5, 5.41) is 12.6. The van der Waals surface area contributed by atoms with Crippen LogP contribution >= 0.6 is 11.6 Å². The van der Waals surface area contributed by atoms with Crippen molar-refractivity contribution in [2.75, 3.05) is 0 Å². The molecule has 0 saturated heterocycles. The highest BCUT2D eigenvalue weighted by molar-refractivity contribution is 6.22. The van der Waals surface area contributed by atoms with Crippen LogP contribution in [0.1, 0.15) is 16.8 Å². The molecule has 3 nitrogen and oxygen atoms in total. The second-order valence-electron chi connectivity index (χ2n) is 3.80. The van der Waals surface area contributed by atoms with Gasteiger partial charge in [-0.15, -0.1) is 0 Å². The first kappa shape index (κ1) is 10.2. The molecule has 2 N–H and O–H groups in total. The number of hydrogen-bond acceptors (Lipinski definition) is 2. The molecule has 84 valence electrons. The molecule has 0 spiro atoms. The van der Waals surface area contributed by atoms with Crippen LogP contribution in [-0.4, -0.2) is 4.98 Å². The summed E-state index contributed by atoms with van der Waals surface area (Å²) in [6.45, 7) is 0. The number of nitrogens with one attached hydrogen (secondary N) is 2. The Morgan fingerprint density at radius 3 is 3.00 bits per heavy atom. The summed E-state index contributed by atoms with van der Waals surface area (Å²) in [7, 11) is 0. The number of nitrogens with zero attached hydrogens (tertiary/aromatic N) is 1. The topological polar surface area (TPSA) is 51.6 Å². The zero-order valence-electron chi connectivity index (χ0n) is 8.59. The van der Waals surface area contributed by atoms with Crippen LogP contribution < -0.4 is 5.32 Å². The van der Waals surface area contributed by atoms with Gasteiger partial charge in [0.25, 0.3) is 0 Å². The molecule has 17 heavy (non-hydrogen) atoms. The highest BCUT2D eigenvalue weighted by Crippen LogP contribution is 2.36. The largest absolute Gasteiger partial charge is 0.370 e. The molecule has 3 rings (SSSR count). The van der Waals surface area contributed by atoms with E-state index in [0.717, 1.165) is 11.1 Å². The van der Waals surface area contributed by atoms with Gasteiger partial charge in [0.2, 0.25) is 0 Å². The van der Waals surface area contributed by atoms with Gasteiger partial charge in [0.05, 0.1) is 11.3 Å². The number of nitriles is 1. The van der Waals surface area contributed by atoms with Crippen molar-refractivity contribution < 1.29 is 4.39 Å². The number of rotatable bonds is 0. The molecule has 1 aliphatic rings. The molecule has 0 bridgehead atoms. The molecule has 0 amide bonds. The van der Waals surface area contributed by atoms with Crippen molar-refractivity contribution in [2.24, 2.45) is 0 Å². The smallest absolute Gasteiger partial charge is 0.129 e. The predicted molar refractivity (Wildman–Crippen MR) is 63.6 cm³/mol. The third-order valence-electron chi connectivity index (χ3n) is 2.82. The Labute approximate surface area is 101 Å². The Balaban J connectivity index is 2.38. The fourth-order valence-electron chi connectivity index (χ4n) is 2.06. The maximum atomic E-state index is 13.2. The first-order valence-corrected chi connectivity index (χ1v) is 5.46. The summed E-state index contributed by atoms with van der Waals surface area (Å²) < 4.78 is 13.2. The molecule has 0 radical (unpaired) electrons. The number of aromatic amines is 1. The second-order valence-corrected chi connectivity index (χ2v) is 4.24. The molecule has 1 aromatic heterocycles. The summed E-state index contributed by atoms with van der Waals surface area (Å²) in [6.07, 6.45) is 1.56. The average molecular weight is 248 g/mol. The van der Waals surface area contributed by atoms with Gasteiger partial charge in [0.1, 0.15) is 17.4 Å². The molecule has 2 heterocycles. The summed E-state index contributed by atoms with van der Waals surface area (Å²) >= 11 is 6.13. The van der Waals surface area contributed by atoms with E-state index >= 15 is 0 Å². The van der Waals surface area contributed by atoms with E-state index in [9.17, 15) is 4.39 Å². The van der Waals surface area contributed by atoms with Crippen molar-refractivity contribution in [3.05, 3.63) is 41.5 Å². The van der Waals surface area contributed by atoms with E-state index in [-0.39, 0.29) is 5.82 Å². The van der Waals surface area contributed by atoms with Crippen LogP contribution in [0.25, 0.3) is 16.5 Å². The maximum absolute atomic E-state index is 13.2. The summed E-state index contributed by atoms with van der Waals surface area (Å²) in [5.74, 6) is -0.323. The molecule has 1 aromatic carbocycles. The van der Waals surface area contributed by atoms with Crippen molar-refractivity contribution in [3.8, 4) is 6.07 Å². The number of halogens is 2. The summed E-state index contributed by atoms with van der Waals surface area (Å²) in [4.78, 5) is 3.09. The molecule has 5 heteroatoms. The molecule has 1 aliphatic heterocycles. The van der Waals surface area contributed by atoms with Gasteiger partial charge in [-0.1, -0.05) is 11.6 Å². The lowest BCUT2D eigenvalue weighted by atomic mass is 10.0. The Morgan fingerprint density at radius 1 is 1.41 bits per heavy atom. The maximum Gasteiger partial charge on any atom is 0.129 e. The van der Waals surface area contributed by atoms with Crippen LogP contribution in [0.3, 0.4) is 0 Å². The SMILES string of the molecule is N#CC1=CNC(Cl)c2c1[nH]c1ccc(F)cc21. The summed E-state index contributed by atoms with van der Waals surface area (Å²) in [5.41, 5.74) is 2.16. The molecule has 1 atom stereocenters. The van der Waals surface area contributed by atoms with E-state index in [1.54, 1.807) is 12.3 Å². The lowest BCUT2D eigenvalue weighted by Gasteiger charge is -2.16. The first-order chi connectivity index (χ1) is 8.20. The lowest BCUT2D eigenvalue weighted by molar-refractivity contribution is 0.629. The number of hydrogen-bond donors (Lipinski definition) is 2. The minimum atomic E-state index is -0.461. The fourth-order valence-corrected chi connectivity index (χ4v) is 2.35. The Hall–Kier alpha value is -1.99. The molecular formula is C12H7ClFN3. The zero-order chi connectivity index (χ0) is 12.0. The van der Waals surface area contributed by atoms with Gasteiger partial charge in [0, 0.05) is 22.7 Å². The van der Waals surface area contributed by atoms with Crippen LogP contribution in [0.2, 0.25) is 0 Å². The minimum absolute atomic E-state index is 0.323. The predicted octanol–water partition coefficient (Wildman–Crippen LogP) is 3.01. The van der Waals surface area contributed by atoms with Crippen molar-refractivity contribution >= 4 is 28.1 Å². The van der Waals surface area contributed by atoms with E-state index in [1.807, 2.05) is 0 Å². The van der Waals surface area contributed by atoms with Gasteiger partial charge in [-0.05, 0) is 18.2 Å². The van der Waals surface area contributed by atoms with Gasteiger partial charge < -0.3 is 10.3 Å². The third kappa shape index (κ3) is 1.40. The quantitative estimate of drug-likeness (QED) is 0.555. The van der Waals surface area contributed by atoms with Crippen LogP contribution in [-0.2, 0) is 0 Å². The van der Waals surface area contributed by atoms with Gasteiger partial charge in [-0.2, -0.15) is 5.26 Å². The zero-order valence-corrected chi connectivity index (χ0v) is 9.35. The van der Waals surface area contributed by atoms with Gasteiger partial charge >= 0.3 is 0 Å². The van der Waals surface area contributed by atoms with E-state index in [4.69, 9.17) is 16.9 Å². The van der Waals surface area contributed by atoms with E-state index in [2.05, 4.69) is 16.4 Å². The van der Waals surface area contributed by atoms with Crippen LogP contribution in [0, 0.1) is 17.1 Å². The highest BCUT2D eigenvalue weighted by atomic mass is 35.5. The van der Waals surface area contributed by atoms with Gasteiger partial charge in [0.15, 0.2) is 0 Å². The Morgan fingerprint density at radius 2 is 2.24 bits per heavy atom. The van der Waals surface area contributed by atoms with Gasteiger partial charge in [-0.3, -0.25) is 0 Å². The van der Waals surface area contributed by atoms with Crippen LogP contribution in [0.5, 0.6) is 0 Å². The molecule has 0 aliphatic carbocycles. The number of aromatic nitrogens is 1. The fraction of sp³-hybridized carbons (Fsp3) is 0.0833. The number of H-pyrrole nitrogens is 1. The monoisotopic (exact) mass is 247 g/mol. The van der Waals surface area contributed by atoms with E-state index in [1.165, 1.54) is 12.1 Å². The molecule has 0 saturated carbocycles. The molecule has 1 unspecified atom stereocenters. The normalized spacial score (nSPS) is 18.2. The first-order valence-electron chi connectivity index (χ1n) is 5.02. The standard InChI is InChI=1S/C12H7ClFN3/c13-12-10-8-3-7(14)1-2-9(8)17-11(10)6(4-15)5-16-12/h1-3,5,12,16-17H. The second kappa shape index (κ2) is 3.51. The highest BCUT2D eigenvalue weighted by Gasteiger charge is 2.24. The lowest BCUT2D eigenvalue weighted by Crippen LogP contribution is -2.15. The Bertz CT molecular complexity index is 681. The Kier molecular flexibility index (Phi) is 2.10. The van der Waals surface area contributed by atoms with Gasteiger partial charge in [-0.25, -0.2) is 4.39 Å². The van der Waals surface area contributed by atoms with Crippen molar-refractivity contribution in [1.82, 2.24) is 10.3 Å². The molecule has 2 aromatic rings. The number of alkyl halides is 1. The van der Waals surface area contributed by atoms with E-state index in [0.29, 0.717) is 16.7 Å². The number of allylic oxidation sites excluding steroid dienone is 1. The minimum Gasteiger partial charge on any atom is -0.370 e. The number of benzene rings is 1. The van der Waals surface area contributed by atoms with Crippen LogP contribution in [0.4, 0.5) is 4.39 Å². The van der Waals surface area contributed by atoms with Crippen molar-refractivity contribution in [3.63, 3.8) is 0 Å². The van der Waals surface area contributed by atoms with E-state index < -0.39 is 5.50 Å².